The van der Waals surface area contributed by atoms with Crippen LogP contribution in [-0.4, -0.2) is 17.3 Å². The number of carbonyl (C=O) groups excluding carboxylic acids is 1. The van der Waals surface area contributed by atoms with Crippen LogP contribution >= 0.6 is 11.3 Å². The number of hydrogen-bond acceptors (Lipinski definition) is 4. The van der Waals surface area contributed by atoms with Crippen LogP contribution in [0.5, 0.6) is 0 Å². The number of Topliss-reactive ketones (excluding diaryl/α,β-unsaturated/α-hetero) is 1. The van der Waals surface area contributed by atoms with Gasteiger partial charge >= 0.3 is 0 Å². The zero-order valence-corrected chi connectivity index (χ0v) is 9.06. The molecule has 0 amide bonds. The second-order valence-electron chi connectivity index (χ2n) is 3.94. The molecular weight excluding hydrogens is 196 g/mol. The molecule has 1 saturated carbocycles. The number of rotatable bonds is 4. The molecule has 0 bridgehead atoms. The maximum atomic E-state index is 11.8. The lowest BCUT2D eigenvalue weighted by Crippen LogP contribution is -2.26. The molecule has 0 spiro atoms. The average Bonchev–Trinajstić information content (AvgIpc) is 2.87. The van der Waals surface area contributed by atoms with Gasteiger partial charge in [0.2, 0.25) is 0 Å². The Morgan fingerprint density at radius 2 is 2.43 bits per heavy atom. The Morgan fingerprint density at radius 1 is 1.71 bits per heavy atom. The second kappa shape index (κ2) is 3.44. The van der Waals surface area contributed by atoms with Crippen LogP contribution in [-0.2, 0) is 11.2 Å². The van der Waals surface area contributed by atoms with E-state index in [9.17, 15) is 4.79 Å². The summed E-state index contributed by atoms with van der Waals surface area (Å²) in [6.07, 6.45) is 2.39. The monoisotopic (exact) mass is 210 g/mol. The van der Waals surface area contributed by atoms with Gasteiger partial charge in [0.1, 0.15) is 5.78 Å². The molecule has 1 aliphatic rings. The first-order valence-corrected chi connectivity index (χ1v) is 5.69. The summed E-state index contributed by atoms with van der Waals surface area (Å²) in [4.78, 5) is 16.1. The highest BCUT2D eigenvalue weighted by Crippen LogP contribution is 2.46. The van der Waals surface area contributed by atoms with E-state index in [4.69, 9.17) is 5.73 Å². The molecular formula is C10H14N2OS. The van der Waals surface area contributed by atoms with Gasteiger partial charge in [-0.2, -0.15) is 0 Å². The molecule has 3 nitrogen and oxygen atoms in total. The first-order valence-electron chi connectivity index (χ1n) is 4.81. The van der Waals surface area contributed by atoms with E-state index in [1.54, 1.807) is 11.3 Å². The highest BCUT2D eigenvalue weighted by molar-refractivity contribution is 7.09. The van der Waals surface area contributed by atoms with Crippen LogP contribution in [0.25, 0.3) is 0 Å². The van der Waals surface area contributed by atoms with Gasteiger partial charge in [0, 0.05) is 17.3 Å². The summed E-state index contributed by atoms with van der Waals surface area (Å²) >= 11 is 1.59. The number of thiazole rings is 1. The van der Waals surface area contributed by atoms with Crippen LogP contribution in [0.3, 0.4) is 0 Å². The summed E-state index contributed by atoms with van der Waals surface area (Å²) in [6.45, 7) is 2.45. The van der Waals surface area contributed by atoms with E-state index >= 15 is 0 Å². The molecule has 2 rings (SSSR count). The summed E-state index contributed by atoms with van der Waals surface area (Å²) in [7, 11) is 0. The molecule has 1 aliphatic carbocycles. The van der Waals surface area contributed by atoms with Gasteiger partial charge in [-0.3, -0.25) is 4.79 Å². The quantitative estimate of drug-likeness (QED) is 0.815. The van der Waals surface area contributed by atoms with E-state index < -0.39 is 0 Å². The summed E-state index contributed by atoms with van der Waals surface area (Å²) in [5, 5.41) is 2.98. The largest absolute Gasteiger partial charge is 0.329 e. The fraction of sp³-hybridized carbons (Fsp3) is 0.600. The van der Waals surface area contributed by atoms with Gasteiger partial charge in [0.25, 0.3) is 0 Å². The third kappa shape index (κ3) is 1.72. The topological polar surface area (TPSA) is 56.0 Å². The predicted molar refractivity (Wildman–Crippen MR) is 56.3 cm³/mol. The van der Waals surface area contributed by atoms with Gasteiger partial charge in [-0.25, -0.2) is 4.98 Å². The number of nitrogens with two attached hydrogens (primary N) is 1. The van der Waals surface area contributed by atoms with E-state index in [1.807, 2.05) is 12.3 Å². The van der Waals surface area contributed by atoms with Crippen LogP contribution in [0.4, 0.5) is 0 Å². The van der Waals surface area contributed by atoms with Gasteiger partial charge in [-0.05, 0) is 19.8 Å². The van der Waals surface area contributed by atoms with Crippen LogP contribution in [0.2, 0.25) is 0 Å². The van der Waals surface area contributed by atoms with Gasteiger partial charge in [-0.15, -0.1) is 11.3 Å². The lowest BCUT2D eigenvalue weighted by atomic mass is 9.98. The smallest absolute Gasteiger partial charge is 0.146 e. The highest BCUT2D eigenvalue weighted by Gasteiger charge is 2.47. The summed E-state index contributed by atoms with van der Waals surface area (Å²) in [5.74, 6) is 0.269. The minimum absolute atomic E-state index is 0.183. The Balaban J connectivity index is 2.01. The zero-order valence-electron chi connectivity index (χ0n) is 8.25. The maximum absolute atomic E-state index is 11.8. The SMILES string of the molecule is Cc1nc(CC(=O)C2(CN)CC2)cs1. The van der Waals surface area contributed by atoms with E-state index in [0.29, 0.717) is 13.0 Å². The molecule has 4 heteroatoms. The number of aryl methyl sites for hydroxylation is 1. The molecule has 0 radical (unpaired) electrons. The first-order chi connectivity index (χ1) is 6.66. The Kier molecular flexibility index (Phi) is 2.41. The van der Waals surface area contributed by atoms with Crippen LogP contribution in [0.15, 0.2) is 5.38 Å². The molecule has 0 aliphatic heterocycles. The molecule has 2 N–H and O–H groups in total. The van der Waals surface area contributed by atoms with Crippen molar-refractivity contribution in [2.75, 3.05) is 6.54 Å². The Morgan fingerprint density at radius 3 is 2.86 bits per heavy atom. The zero-order chi connectivity index (χ0) is 10.2. The molecule has 0 aromatic carbocycles. The van der Waals surface area contributed by atoms with Crippen molar-refractivity contribution in [3.63, 3.8) is 0 Å². The summed E-state index contributed by atoms with van der Waals surface area (Å²) in [5.41, 5.74) is 6.31. The molecule has 1 aromatic heterocycles. The normalized spacial score (nSPS) is 18.1. The van der Waals surface area contributed by atoms with Crippen molar-refractivity contribution in [1.29, 1.82) is 0 Å². The highest BCUT2D eigenvalue weighted by atomic mass is 32.1. The van der Waals surface area contributed by atoms with Gasteiger partial charge < -0.3 is 5.73 Å². The van der Waals surface area contributed by atoms with E-state index in [-0.39, 0.29) is 11.2 Å². The number of ketones is 1. The third-order valence-corrected chi connectivity index (χ3v) is 3.67. The van der Waals surface area contributed by atoms with Crippen LogP contribution in [0, 0.1) is 12.3 Å². The average molecular weight is 210 g/mol. The standard InChI is InChI=1S/C10H14N2OS/c1-7-12-8(5-14-7)4-9(13)10(6-11)2-3-10/h5H,2-4,6,11H2,1H3. The Labute approximate surface area is 87.3 Å². The minimum Gasteiger partial charge on any atom is -0.329 e. The van der Waals surface area contributed by atoms with E-state index in [1.165, 1.54) is 0 Å². The molecule has 76 valence electrons. The molecule has 0 atom stereocenters. The summed E-state index contributed by atoms with van der Waals surface area (Å²) < 4.78 is 0. The third-order valence-electron chi connectivity index (χ3n) is 2.84. The molecule has 1 heterocycles. The van der Waals surface area contributed by atoms with Crippen molar-refractivity contribution < 1.29 is 4.79 Å². The second-order valence-corrected chi connectivity index (χ2v) is 5.00. The number of hydrogen-bond donors (Lipinski definition) is 1. The van der Waals surface area contributed by atoms with Crippen molar-refractivity contribution in [3.8, 4) is 0 Å². The van der Waals surface area contributed by atoms with Crippen molar-refractivity contribution in [1.82, 2.24) is 4.98 Å². The number of carbonyl (C=O) groups is 1. The lowest BCUT2D eigenvalue weighted by Gasteiger charge is -2.08. The molecule has 1 aromatic rings. The van der Waals surface area contributed by atoms with Crippen molar-refractivity contribution in [2.45, 2.75) is 26.2 Å². The maximum Gasteiger partial charge on any atom is 0.146 e. The lowest BCUT2D eigenvalue weighted by molar-refractivity contribution is -0.123. The fourth-order valence-electron chi connectivity index (χ4n) is 1.59. The minimum atomic E-state index is -0.183. The summed E-state index contributed by atoms with van der Waals surface area (Å²) in [6, 6.07) is 0. The first kappa shape index (κ1) is 9.80. The van der Waals surface area contributed by atoms with Gasteiger partial charge in [-0.1, -0.05) is 0 Å². The molecule has 0 saturated heterocycles. The van der Waals surface area contributed by atoms with E-state index in [0.717, 1.165) is 23.5 Å². The van der Waals surface area contributed by atoms with Crippen LogP contribution in [0.1, 0.15) is 23.5 Å². The van der Waals surface area contributed by atoms with E-state index in [2.05, 4.69) is 4.98 Å². The van der Waals surface area contributed by atoms with Crippen molar-refractivity contribution in [2.24, 2.45) is 11.1 Å². The Bertz CT molecular complexity index is 355. The van der Waals surface area contributed by atoms with Gasteiger partial charge in [0.05, 0.1) is 17.1 Å². The molecule has 1 fully saturated rings. The van der Waals surface area contributed by atoms with Gasteiger partial charge in [0.15, 0.2) is 0 Å². The van der Waals surface area contributed by atoms with Crippen LogP contribution < -0.4 is 5.73 Å². The van der Waals surface area contributed by atoms with Crippen molar-refractivity contribution >= 4 is 17.1 Å². The van der Waals surface area contributed by atoms with Crippen molar-refractivity contribution in [3.05, 3.63) is 16.1 Å². The molecule has 0 unspecified atom stereocenters. The number of nitrogens with zero attached hydrogens (tertiary/aromatic N) is 1. The Hall–Kier alpha value is -0.740. The predicted octanol–water partition coefficient (Wildman–Crippen LogP) is 1.30. The molecule has 14 heavy (non-hydrogen) atoms. The fourth-order valence-corrected chi connectivity index (χ4v) is 2.20. The number of aromatic nitrogens is 1.